The molecule has 1 rings (SSSR count). The lowest BCUT2D eigenvalue weighted by Crippen LogP contribution is -2.54. The van der Waals surface area contributed by atoms with Gasteiger partial charge in [0.05, 0.1) is 5.41 Å². The standard InChI is InChI=1S/C16H30N2O3/c1-5-9-16(14(19)20)10-8-11-18(12-16)15(21)17(4)13(6-2)7-3/h13H,5-12H2,1-4H3,(H,19,20). The van der Waals surface area contributed by atoms with Crippen molar-refractivity contribution in [3.63, 3.8) is 0 Å². The van der Waals surface area contributed by atoms with Gasteiger partial charge in [-0.1, -0.05) is 27.2 Å². The van der Waals surface area contributed by atoms with Crippen molar-refractivity contribution in [2.24, 2.45) is 5.41 Å². The first-order valence-electron chi connectivity index (χ1n) is 8.17. The van der Waals surface area contributed by atoms with E-state index in [1.54, 1.807) is 9.80 Å². The number of aliphatic carboxylic acids is 1. The smallest absolute Gasteiger partial charge is 0.320 e. The van der Waals surface area contributed by atoms with E-state index in [1.807, 2.05) is 14.0 Å². The average molecular weight is 298 g/mol. The lowest BCUT2D eigenvalue weighted by molar-refractivity contribution is -0.152. The van der Waals surface area contributed by atoms with E-state index in [0.29, 0.717) is 25.9 Å². The first kappa shape index (κ1) is 17.8. The van der Waals surface area contributed by atoms with E-state index in [2.05, 4.69) is 13.8 Å². The van der Waals surface area contributed by atoms with Crippen molar-refractivity contribution in [2.45, 2.75) is 65.3 Å². The van der Waals surface area contributed by atoms with Crippen LogP contribution in [0.3, 0.4) is 0 Å². The van der Waals surface area contributed by atoms with Crippen LogP contribution >= 0.6 is 0 Å². The van der Waals surface area contributed by atoms with Crippen molar-refractivity contribution < 1.29 is 14.7 Å². The summed E-state index contributed by atoms with van der Waals surface area (Å²) in [7, 11) is 1.83. The quantitative estimate of drug-likeness (QED) is 0.819. The number of urea groups is 1. The average Bonchev–Trinajstić information content (AvgIpc) is 2.48. The Morgan fingerprint density at radius 1 is 1.29 bits per heavy atom. The van der Waals surface area contributed by atoms with Crippen molar-refractivity contribution in [2.75, 3.05) is 20.1 Å². The summed E-state index contributed by atoms with van der Waals surface area (Å²) < 4.78 is 0. The van der Waals surface area contributed by atoms with Gasteiger partial charge in [0.1, 0.15) is 0 Å². The number of hydrogen-bond acceptors (Lipinski definition) is 2. The molecule has 1 heterocycles. The fourth-order valence-corrected chi connectivity index (χ4v) is 3.47. The van der Waals surface area contributed by atoms with Gasteiger partial charge in [0, 0.05) is 26.2 Å². The third kappa shape index (κ3) is 3.89. The highest BCUT2D eigenvalue weighted by molar-refractivity contribution is 5.79. The highest BCUT2D eigenvalue weighted by Gasteiger charge is 2.43. The normalized spacial score (nSPS) is 22.4. The maximum absolute atomic E-state index is 12.6. The number of hydrogen-bond donors (Lipinski definition) is 1. The number of carboxylic acid groups (broad SMARTS) is 1. The van der Waals surface area contributed by atoms with Gasteiger partial charge in [-0.25, -0.2) is 4.79 Å². The Labute approximate surface area is 128 Å². The summed E-state index contributed by atoms with van der Waals surface area (Å²) in [6, 6.07) is 0.204. The Hall–Kier alpha value is -1.26. The van der Waals surface area contributed by atoms with Crippen LogP contribution in [0.2, 0.25) is 0 Å². The Bertz CT molecular complexity index is 365. The molecule has 5 heteroatoms. The second kappa shape index (κ2) is 7.66. The number of carbonyl (C=O) groups is 2. The van der Waals surface area contributed by atoms with Gasteiger partial charge < -0.3 is 14.9 Å². The van der Waals surface area contributed by atoms with Crippen LogP contribution in [0.1, 0.15) is 59.3 Å². The predicted octanol–water partition coefficient (Wildman–Crippen LogP) is 3.19. The second-order valence-electron chi connectivity index (χ2n) is 6.22. The van der Waals surface area contributed by atoms with E-state index in [0.717, 1.165) is 25.7 Å². The van der Waals surface area contributed by atoms with E-state index in [4.69, 9.17) is 0 Å². The summed E-state index contributed by atoms with van der Waals surface area (Å²) >= 11 is 0. The lowest BCUT2D eigenvalue weighted by Gasteiger charge is -2.42. The first-order valence-corrected chi connectivity index (χ1v) is 8.17. The van der Waals surface area contributed by atoms with Crippen LogP contribution in [0.5, 0.6) is 0 Å². The SMILES string of the molecule is CCCC1(C(=O)O)CCCN(C(=O)N(C)C(CC)CC)C1. The molecular weight excluding hydrogens is 268 g/mol. The second-order valence-corrected chi connectivity index (χ2v) is 6.22. The largest absolute Gasteiger partial charge is 0.481 e. The number of rotatable bonds is 6. The van der Waals surface area contributed by atoms with Gasteiger partial charge in [-0.3, -0.25) is 4.79 Å². The van der Waals surface area contributed by atoms with E-state index in [1.165, 1.54) is 0 Å². The summed E-state index contributed by atoms with van der Waals surface area (Å²) in [5, 5.41) is 9.61. The zero-order valence-corrected chi connectivity index (χ0v) is 13.9. The zero-order chi connectivity index (χ0) is 16.0. The summed E-state index contributed by atoms with van der Waals surface area (Å²) in [6.45, 7) is 7.17. The summed E-state index contributed by atoms with van der Waals surface area (Å²) in [6.07, 6.45) is 4.76. The van der Waals surface area contributed by atoms with Gasteiger partial charge in [-0.2, -0.15) is 0 Å². The number of nitrogens with zero attached hydrogens (tertiary/aromatic N) is 2. The van der Waals surface area contributed by atoms with Crippen LogP contribution in [0.4, 0.5) is 4.79 Å². The molecule has 1 unspecified atom stereocenters. The van der Waals surface area contributed by atoms with Gasteiger partial charge in [-0.05, 0) is 32.1 Å². The predicted molar refractivity (Wildman–Crippen MR) is 83.3 cm³/mol. The topological polar surface area (TPSA) is 60.9 Å². The molecule has 1 aliphatic heterocycles. The van der Waals surface area contributed by atoms with Crippen molar-refractivity contribution >= 4 is 12.0 Å². The van der Waals surface area contributed by atoms with Gasteiger partial charge in [0.15, 0.2) is 0 Å². The van der Waals surface area contributed by atoms with E-state index < -0.39 is 11.4 Å². The van der Waals surface area contributed by atoms with Crippen LogP contribution in [0.15, 0.2) is 0 Å². The van der Waals surface area contributed by atoms with Gasteiger partial charge in [0.25, 0.3) is 0 Å². The number of piperidine rings is 1. The van der Waals surface area contributed by atoms with Crippen LogP contribution < -0.4 is 0 Å². The highest BCUT2D eigenvalue weighted by atomic mass is 16.4. The molecule has 5 nitrogen and oxygen atoms in total. The molecule has 1 saturated heterocycles. The minimum atomic E-state index is -0.757. The molecule has 0 aromatic rings. The Kier molecular flexibility index (Phi) is 6.49. The molecular formula is C16H30N2O3. The third-order valence-corrected chi connectivity index (χ3v) is 4.82. The Morgan fingerprint density at radius 2 is 1.90 bits per heavy atom. The molecule has 21 heavy (non-hydrogen) atoms. The maximum atomic E-state index is 12.6. The monoisotopic (exact) mass is 298 g/mol. The van der Waals surface area contributed by atoms with Crippen LogP contribution in [0.25, 0.3) is 0 Å². The molecule has 0 bridgehead atoms. The van der Waals surface area contributed by atoms with Crippen LogP contribution in [-0.4, -0.2) is 53.1 Å². The van der Waals surface area contributed by atoms with E-state index in [-0.39, 0.29) is 12.1 Å². The molecule has 1 fully saturated rings. The summed E-state index contributed by atoms with van der Waals surface area (Å²) in [5.74, 6) is -0.757. The Balaban J connectivity index is 2.83. The number of amides is 2. The van der Waals surface area contributed by atoms with Crippen molar-refractivity contribution in [1.82, 2.24) is 9.80 Å². The molecule has 122 valence electrons. The maximum Gasteiger partial charge on any atom is 0.320 e. The molecule has 1 N–H and O–H groups in total. The number of carboxylic acids is 1. The Morgan fingerprint density at radius 3 is 2.38 bits per heavy atom. The molecule has 0 aromatic heterocycles. The lowest BCUT2D eigenvalue weighted by atomic mass is 9.76. The third-order valence-electron chi connectivity index (χ3n) is 4.82. The number of carbonyl (C=O) groups excluding carboxylic acids is 1. The summed E-state index contributed by atoms with van der Waals surface area (Å²) in [4.78, 5) is 27.9. The van der Waals surface area contributed by atoms with Crippen molar-refractivity contribution in [3.8, 4) is 0 Å². The van der Waals surface area contributed by atoms with Crippen LogP contribution in [-0.2, 0) is 4.79 Å². The molecule has 2 amide bonds. The molecule has 0 spiro atoms. The molecule has 0 radical (unpaired) electrons. The first-order chi connectivity index (χ1) is 9.91. The van der Waals surface area contributed by atoms with E-state index in [9.17, 15) is 14.7 Å². The molecule has 0 aliphatic carbocycles. The minimum absolute atomic E-state index is 0.0230. The molecule has 0 aromatic carbocycles. The number of likely N-dealkylation sites (tertiary alicyclic amines) is 1. The molecule has 1 atom stereocenters. The molecule has 1 aliphatic rings. The summed E-state index contributed by atoms with van der Waals surface area (Å²) in [5.41, 5.74) is -0.753. The fraction of sp³-hybridized carbons (Fsp3) is 0.875. The van der Waals surface area contributed by atoms with Crippen LogP contribution in [0, 0.1) is 5.41 Å². The van der Waals surface area contributed by atoms with Crippen molar-refractivity contribution in [3.05, 3.63) is 0 Å². The fourth-order valence-electron chi connectivity index (χ4n) is 3.47. The van der Waals surface area contributed by atoms with Gasteiger partial charge in [0.2, 0.25) is 0 Å². The zero-order valence-electron chi connectivity index (χ0n) is 13.9. The van der Waals surface area contributed by atoms with E-state index >= 15 is 0 Å². The highest BCUT2D eigenvalue weighted by Crippen LogP contribution is 2.35. The minimum Gasteiger partial charge on any atom is -0.481 e. The van der Waals surface area contributed by atoms with Gasteiger partial charge in [-0.15, -0.1) is 0 Å². The van der Waals surface area contributed by atoms with Crippen molar-refractivity contribution in [1.29, 1.82) is 0 Å². The molecule has 0 saturated carbocycles. The van der Waals surface area contributed by atoms with Gasteiger partial charge >= 0.3 is 12.0 Å².